The first-order valence-corrected chi connectivity index (χ1v) is 10.1. The number of thioether (sulfide) groups is 1. The fourth-order valence-corrected chi connectivity index (χ4v) is 3.32. The third-order valence-corrected chi connectivity index (χ3v) is 4.90. The number of carbonyl (C=O) groups excluding carboxylic acids is 2. The molecule has 3 aromatic rings. The van der Waals surface area contributed by atoms with E-state index in [1.165, 1.54) is 18.9 Å². The number of nitrogens with one attached hydrogen (secondary N) is 1. The molecule has 0 bridgehead atoms. The van der Waals surface area contributed by atoms with Gasteiger partial charge >= 0.3 is 0 Å². The second-order valence-electron chi connectivity index (χ2n) is 6.52. The van der Waals surface area contributed by atoms with Crippen LogP contribution >= 0.6 is 11.8 Å². The summed E-state index contributed by atoms with van der Waals surface area (Å²) in [5, 5.41) is 7.38. The monoisotopic (exact) mass is 410 g/mol. The smallest absolute Gasteiger partial charge is 0.261 e. The van der Waals surface area contributed by atoms with E-state index in [0.717, 1.165) is 11.5 Å². The summed E-state index contributed by atoms with van der Waals surface area (Å²) < 4.78 is 6.94. The fourth-order valence-electron chi connectivity index (χ4n) is 2.69. The van der Waals surface area contributed by atoms with E-state index in [4.69, 9.17) is 4.74 Å². The lowest BCUT2D eigenvalue weighted by Gasteiger charge is -2.07. The Morgan fingerprint density at radius 3 is 2.48 bits per heavy atom. The zero-order chi connectivity index (χ0) is 20.8. The van der Waals surface area contributed by atoms with Gasteiger partial charge in [-0.25, -0.2) is 9.67 Å². The van der Waals surface area contributed by atoms with E-state index in [0.29, 0.717) is 16.5 Å². The number of benzene rings is 2. The normalized spacial score (nSPS) is 10.8. The van der Waals surface area contributed by atoms with Gasteiger partial charge in [0.25, 0.3) is 5.91 Å². The average molecular weight is 410 g/mol. The van der Waals surface area contributed by atoms with Crippen molar-refractivity contribution in [2.24, 2.45) is 0 Å². The Bertz CT molecular complexity index is 1000. The van der Waals surface area contributed by atoms with Gasteiger partial charge in [-0.1, -0.05) is 55.9 Å². The molecule has 0 aliphatic heterocycles. The maximum atomic E-state index is 12.3. The number of imide groups is 1. The summed E-state index contributed by atoms with van der Waals surface area (Å²) in [5.41, 5.74) is 1.22. The van der Waals surface area contributed by atoms with Crippen molar-refractivity contribution in [1.29, 1.82) is 0 Å². The molecule has 0 aliphatic rings. The van der Waals surface area contributed by atoms with Crippen molar-refractivity contribution in [3.8, 4) is 11.4 Å². The van der Waals surface area contributed by atoms with E-state index in [1.54, 1.807) is 28.9 Å². The summed E-state index contributed by atoms with van der Waals surface area (Å²) in [6, 6.07) is 16.5. The van der Waals surface area contributed by atoms with Crippen LogP contribution < -0.4 is 10.1 Å². The minimum absolute atomic E-state index is 0.0250. The molecule has 1 aromatic heterocycles. The van der Waals surface area contributed by atoms with Gasteiger partial charge in [0, 0.05) is 5.92 Å². The van der Waals surface area contributed by atoms with Crippen LogP contribution in [0, 0.1) is 0 Å². The Morgan fingerprint density at radius 1 is 1.10 bits per heavy atom. The summed E-state index contributed by atoms with van der Waals surface area (Å²) in [6.07, 6.45) is 0. The Kier molecular flexibility index (Phi) is 6.66. The Hall–Kier alpha value is -3.13. The summed E-state index contributed by atoms with van der Waals surface area (Å²) in [5.74, 6) is 0.487. The molecule has 0 spiro atoms. The second-order valence-corrected chi connectivity index (χ2v) is 7.46. The molecule has 1 heterocycles. The molecule has 3 rings (SSSR count). The largest absolute Gasteiger partial charge is 0.496 e. The molecule has 0 fully saturated rings. The molecule has 0 saturated carbocycles. The van der Waals surface area contributed by atoms with Crippen molar-refractivity contribution >= 4 is 23.6 Å². The Labute approximate surface area is 173 Å². The third kappa shape index (κ3) is 5.03. The number of nitrogens with zero attached hydrogens (tertiary/aromatic N) is 3. The van der Waals surface area contributed by atoms with Crippen molar-refractivity contribution in [3.05, 3.63) is 66.0 Å². The van der Waals surface area contributed by atoms with Gasteiger partial charge < -0.3 is 4.74 Å². The highest BCUT2D eigenvalue weighted by Crippen LogP contribution is 2.22. The molecule has 2 aromatic carbocycles. The maximum absolute atomic E-state index is 12.3. The number of hydrogen-bond acceptors (Lipinski definition) is 6. The van der Waals surface area contributed by atoms with Crippen molar-refractivity contribution < 1.29 is 14.3 Å². The molecular weight excluding hydrogens is 388 g/mol. The molecule has 0 aliphatic carbocycles. The van der Waals surface area contributed by atoms with Crippen LogP contribution in [0.1, 0.15) is 35.9 Å². The zero-order valence-corrected chi connectivity index (χ0v) is 17.3. The number of para-hydroxylation sites is 2. The first-order valence-electron chi connectivity index (χ1n) is 9.12. The highest BCUT2D eigenvalue weighted by Gasteiger charge is 2.18. The van der Waals surface area contributed by atoms with E-state index in [1.807, 2.05) is 44.2 Å². The number of hydrogen-bond donors (Lipinski definition) is 1. The van der Waals surface area contributed by atoms with Crippen LogP contribution in [-0.4, -0.2) is 39.4 Å². The van der Waals surface area contributed by atoms with Crippen LogP contribution in [0.25, 0.3) is 5.69 Å². The van der Waals surface area contributed by atoms with Crippen molar-refractivity contribution in [2.45, 2.75) is 24.9 Å². The molecule has 150 valence electrons. The van der Waals surface area contributed by atoms with Gasteiger partial charge in [-0.2, -0.15) is 0 Å². The lowest BCUT2D eigenvalue weighted by molar-refractivity contribution is -0.117. The van der Waals surface area contributed by atoms with Crippen LogP contribution in [-0.2, 0) is 4.79 Å². The lowest BCUT2D eigenvalue weighted by atomic mass is 10.2. The third-order valence-electron chi connectivity index (χ3n) is 4.07. The lowest BCUT2D eigenvalue weighted by Crippen LogP contribution is -2.32. The highest BCUT2D eigenvalue weighted by atomic mass is 32.2. The van der Waals surface area contributed by atoms with Gasteiger partial charge in [0.1, 0.15) is 11.6 Å². The van der Waals surface area contributed by atoms with Gasteiger partial charge in [0.05, 0.1) is 24.1 Å². The first kappa shape index (κ1) is 20.6. The number of rotatable bonds is 7. The standard InChI is InChI=1S/C21H22N4O3S/c1-14(2)19-23-21(24-25(19)15-9-5-4-6-10-15)29-13-18(26)22-20(27)16-11-7-8-12-17(16)28-3/h4-12,14H,13H2,1-3H3,(H,22,26,27). The summed E-state index contributed by atoms with van der Waals surface area (Å²) in [6.45, 7) is 4.08. The van der Waals surface area contributed by atoms with Gasteiger partial charge in [-0.15, -0.1) is 5.10 Å². The summed E-state index contributed by atoms with van der Waals surface area (Å²) >= 11 is 1.18. The van der Waals surface area contributed by atoms with Crippen molar-refractivity contribution in [2.75, 3.05) is 12.9 Å². The summed E-state index contributed by atoms with van der Waals surface area (Å²) in [7, 11) is 1.48. The molecule has 0 saturated heterocycles. The minimum atomic E-state index is -0.501. The molecule has 0 atom stereocenters. The Morgan fingerprint density at radius 2 is 1.79 bits per heavy atom. The first-order chi connectivity index (χ1) is 14.0. The molecule has 8 heteroatoms. The number of ether oxygens (including phenoxy) is 1. The molecule has 29 heavy (non-hydrogen) atoms. The average Bonchev–Trinajstić information content (AvgIpc) is 3.17. The topological polar surface area (TPSA) is 86.1 Å². The molecular formula is C21H22N4O3S. The van der Waals surface area contributed by atoms with Crippen LogP contribution in [0.4, 0.5) is 0 Å². The van der Waals surface area contributed by atoms with Crippen LogP contribution in [0.5, 0.6) is 5.75 Å². The summed E-state index contributed by atoms with van der Waals surface area (Å²) in [4.78, 5) is 29.1. The Balaban J connectivity index is 1.67. The highest BCUT2D eigenvalue weighted by molar-refractivity contribution is 7.99. The van der Waals surface area contributed by atoms with Gasteiger partial charge in [-0.05, 0) is 24.3 Å². The predicted octanol–water partition coefficient (Wildman–Crippen LogP) is 3.45. The number of amides is 2. The van der Waals surface area contributed by atoms with Gasteiger partial charge in [0.2, 0.25) is 11.1 Å². The van der Waals surface area contributed by atoms with E-state index in [2.05, 4.69) is 15.4 Å². The predicted molar refractivity (Wildman–Crippen MR) is 112 cm³/mol. The van der Waals surface area contributed by atoms with Crippen LogP contribution in [0.15, 0.2) is 59.8 Å². The minimum Gasteiger partial charge on any atom is -0.496 e. The number of carbonyl (C=O) groups is 2. The fraction of sp³-hybridized carbons (Fsp3) is 0.238. The number of methoxy groups -OCH3 is 1. The molecule has 7 nitrogen and oxygen atoms in total. The van der Waals surface area contributed by atoms with Crippen molar-refractivity contribution in [1.82, 2.24) is 20.1 Å². The maximum Gasteiger partial charge on any atom is 0.261 e. The van der Waals surface area contributed by atoms with E-state index >= 15 is 0 Å². The van der Waals surface area contributed by atoms with Gasteiger partial charge in [-0.3, -0.25) is 14.9 Å². The van der Waals surface area contributed by atoms with Crippen molar-refractivity contribution in [3.63, 3.8) is 0 Å². The molecule has 1 N–H and O–H groups in total. The van der Waals surface area contributed by atoms with Gasteiger partial charge in [0.15, 0.2) is 0 Å². The molecule has 2 amide bonds. The van der Waals surface area contributed by atoms with E-state index < -0.39 is 11.8 Å². The van der Waals surface area contributed by atoms with Crippen LogP contribution in [0.2, 0.25) is 0 Å². The second kappa shape index (κ2) is 9.38. The zero-order valence-electron chi connectivity index (χ0n) is 16.5. The number of aromatic nitrogens is 3. The quantitative estimate of drug-likeness (QED) is 0.601. The van der Waals surface area contributed by atoms with E-state index in [9.17, 15) is 9.59 Å². The SMILES string of the molecule is COc1ccccc1C(=O)NC(=O)CSc1nc(C(C)C)n(-c2ccccc2)n1. The molecule has 0 unspecified atom stereocenters. The van der Waals surface area contributed by atoms with Crippen LogP contribution in [0.3, 0.4) is 0 Å². The molecule has 0 radical (unpaired) electrons. The van der Waals surface area contributed by atoms with E-state index in [-0.39, 0.29) is 11.7 Å².